The monoisotopic (exact) mass is 425 g/mol. The lowest BCUT2D eigenvalue weighted by Crippen LogP contribution is -2.35. The average Bonchev–Trinajstić information content (AvgIpc) is 3.10. The fraction of sp³-hybridized carbons (Fsp3) is 0.632. The summed E-state index contributed by atoms with van der Waals surface area (Å²) in [4.78, 5) is 40.4. The molecule has 2 aromatic heterocycles. The van der Waals surface area contributed by atoms with Gasteiger partial charge in [-0.15, -0.1) is 0 Å². The van der Waals surface area contributed by atoms with Crippen LogP contribution in [-0.4, -0.2) is 57.8 Å². The number of halogens is 1. The Labute approximate surface area is 175 Å². The second kappa shape index (κ2) is 10.4. The number of ether oxygens (including phenoxy) is 2. The van der Waals surface area contributed by atoms with E-state index in [-0.39, 0.29) is 18.5 Å². The quantitative estimate of drug-likeness (QED) is 0.325. The van der Waals surface area contributed by atoms with Crippen LogP contribution in [0.15, 0.2) is 6.33 Å². The first kappa shape index (κ1) is 22.9. The summed E-state index contributed by atoms with van der Waals surface area (Å²) in [6.45, 7) is 11.0. The zero-order valence-electron chi connectivity index (χ0n) is 17.5. The third-order valence-electron chi connectivity index (χ3n) is 4.68. The Bertz CT molecular complexity index is 834. The van der Waals surface area contributed by atoms with Gasteiger partial charge in [-0.1, -0.05) is 6.92 Å². The smallest absolute Gasteiger partial charge is 0.322 e. The van der Waals surface area contributed by atoms with Gasteiger partial charge in [0.1, 0.15) is 0 Å². The molecule has 2 aromatic rings. The fourth-order valence-corrected chi connectivity index (χ4v) is 3.49. The number of fused-ring (bicyclic) bond motifs is 1. The van der Waals surface area contributed by atoms with Gasteiger partial charge < -0.3 is 18.9 Å². The van der Waals surface area contributed by atoms with E-state index in [4.69, 9.17) is 21.1 Å². The van der Waals surface area contributed by atoms with Crippen molar-refractivity contribution in [2.45, 2.75) is 47.1 Å². The van der Waals surface area contributed by atoms with E-state index >= 15 is 0 Å². The van der Waals surface area contributed by atoms with E-state index in [1.165, 1.54) is 0 Å². The number of hydrogen-bond acceptors (Lipinski definition) is 8. The van der Waals surface area contributed by atoms with Crippen molar-refractivity contribution in [1.82, 2.24) is 19.5 Å². The molecule has 160 valence electrons. The molecule has 0 spiro atoms. The van der Waals surface area contributed by atoms with E-state index < -0.39 is 23.9 Å². The van der Waals surface area contributed by atoms with Crippen molar-refractivity contribution in [2.75, 3.05) is 31.2 Å². The predicted molar refractivity (Wildman–Crippen MR) is 110 cm³/mol. The van der Waals surface area contributed by atoms with E-state index in [1.807, 2.05) is 25.7 Å². The second-order valence-corrected chi connectivity index (χ2v) is 6.61. The first-order valence-electron chi connectivity index (χ1n) is 9.91. The van der Waals surface area contributed by atoms with Crippen LogP contribution >= 0.6 is 11.6 Å². The molecule has 2 heterocycles. The standard InChI is InChI=1S/C19H28ClN5O4/c1-6-12(13(17(26)28-9-4)18(27)29-10-5)25-11-21-14-15(24(7-2)8-3)22-19(20)23-16(14)25/h11-13H,6-10H2,1-5H3. The lowest BCUT2D eigenvalue weighted by molar-refractivity contribution is -0.164. The Morgan fingerprint density at radius 3 is 2.14 bits per heavy atom. The van der Waals surface area contributed by atoms with E-state index in [2.05, 4.69) is 15.0 Å². The minimum Gasteiger partial charge on any atom is -0.465 e. The topological polar surface area (TPSA) is 99.4 Å². The predicted octanol–water partition coefficient (Wildman–Crippen LogP) is 3.02. The van der Waals surface area contributed by atoms with Crippen molar-refractivity contribution in [3.8, 4) is 0 Å². The minimum absolute atomic E-state index is 0.0693. The first-order chi connectivity index (χ1) is 13.9. The largest absolute Gasteiger partial charge is 0.465 e. The molecule has 0 aliphatic carbocycles. The molecule has 0 saturated carbocycles. The Hall–Kier alpha value is -2.42. The fourth-order valence-electron chi connectivity index (χ4n) is 3.33. The zero-order valence-corrected chi connectivity index (χ0v) is 18.3. The Kier molecular flexibility index (Phi) is 8.19. The maximum absolute atomic E-state index is 12.6. The van der Waals surface area contributed by atoms with Crippen molar-refractivity contribution in [2.24, 2.45) is 5.92 Å². The molecular weight excluding hydrogens is 398 g/mol. The van der Waals surface area contributed by atoms with Gasteiger partial charge >= 0.3 is 11.9 Å². The van der Waals surface area contributed by atoms with Gasteiger partial charge in [0.05, 0.1) is 25.6 Å². The number of esters is 2. The van der Waals surface area contributed by atoms with Crippen LogP contribution in [0.5, 0.6) is 0 Å². The van der Waals surface area contributed by atoms with E-state index in [0.717, 1.165) is 13.1 Å². The van der Waals surface area contributed by atoms with Crippen molar-refractivity contribution >= 4 is 40.5 Å². The third-order valence-corrected chi connectivity index (χ3v) is 4.85. The molecule has 0 aliphatic rings. The van der Waals surface area contributed by atoms with Gasteiger partial charge in [0.2, 0.25) is 5.28 Å². The maximum Gasteiger partial charge on any atom is 0.322 e. The summed E-state index contributed by atoms with van der Waals surface area (Å²) in [5.41, 5.74) is 1.01. The van der Waals surface area contributed by atoms with Gasteiger partial charge in [-0.25, -0.2) is 4.98 Å². The molecule has 0 fully saturated rings. The number of carbonyl (C=O) groups excluding carboxylic acids is 2. The van der Waals surface area contributed by atoms with Crippen molar-refractivity contribution in [3.63, 3.8) is 0 Å². The summed E-state index contributed by atoms with van der Waals surface area (Å²) in [5, 5.41) is 0.0693. The number of nitrogens with zero attached hydrogens (tertiary/aromatic N) is 5. The maximum atomic E-state index is 12.6. The highest BCUT2D eigenvalue weighted by molar-refractivity contribution is 6.28. The summed E-state index contributed by atoms with van der Waals surface area (Å²) in [6.07, 6.45) is 2.01. The Balaban J connectivity index is 2.62. The highest BCUT2D eigenvalue weighted by Crippen LogP contribution is 2.31. The van der Waals surface area contributed by atoms with E-state index in [9.17, 15) is 9.59 Å². The van der Waals surface area contributed by atoms with Gasteiger partial charge in [0.25, 0.3) is 0 Å². The highest BCUT2D eigenvalue weighted by atomic mass is 35.5. The van der Waals surface area contributed by atoms with Crippen molar-refractivity contribution in [3.05, 3.63) is 11.6 Å². The normalized spacial score (nSPS) is 12.2. The Morgan fingerprint density at radius 1 is 1.07 bits per heavy atom. The Morgan fingerprint density at radius 2 is 1.66 bits per heavy atom. The molecule has 0 amide bonds. The van der Waals surface area contributed by atoms with Gasteiger partial charge in [-0.3, -0.25) is 9.59 Å². The van der Waals surface area contributed by atoms with E-state index in [1.54, 1.807) is 24.7 Å². The second-order valence-electron chi connectivity index (χ2n) is 6.27. The molecule has 2 rings (SSSR count). The molecule has 0 aromatic carbocycles. The number of imidazole rings is 1. The molecule has 0 bridgehead atoms. The van der Waals surface area contributed by atoms with Crippen LogP contribution in [0.1, 0.15) is 47.1 Å². The van der Waals surface area contributed by atoms with Crippen LogP contribution in [-0.2, 0) is 19.1 Å². The summed E-state index contributed by atoms with van der Waals surface area (Å²) in [6, 6.07) is -0.589. The van der Waals surface area contributed by atoms with Crippen LogP contribution in [0.4, 0.5) is 5.82 Å². The summed E-state index contributed by atoms with van der Waals surface area (Å²) in [5.74, 6) is -1.79. The molecule has 0 N–H and O–H groups in total. The van der Waals surface area contributed by atoms with Crippen molar-refractivity contribution in [1.29, 1.82) is 0 Å². The number of aromatic nitrogens is 4. The zero-order chi connectivity index (χ0) is 21.6. The SMILES string of the molecule is CCOC(=O)C(C(=O)OCC)C(CC)n1cnc2c(N(CC)CC)nc(Cl)nc21. The van der Waals surface area contributed by atoms with Crippen LogP contribution in [0.2, 0.25) is 5.28 Å². The van der Waals surface area contributed by atoms with Crippen molar-refractivity contribution < 1.29 is 19.1 Å². The minimum atomic E-state index is -1.14. The van der Waals surface area contributed by atoms with Gasteiger partial charge in [-0.2, -0.15) is 9.97 Å². The van der Waals surface area contributed by atoms with Gasteiger partial charge in [0.15, 0.2) is 22.9 Å². The number of rotatable bonds is 10. The van der Waals surface area contributed by atoms with Crippen LogP contribution < -0.4 is 4.90 Å². The molecule has 9 nitrogen and oxygen atoms in total. The summed E-state index contributed by atoms with van der Waals surface area (Å²) < 4.78 is 12.0. The summed E-state index contributed by atoms with van der Waals surface area (Å²) in [7, 11) is 0. The lowest BCUT2D eigenvalue weighted by atomic mass is 9.97. The lowest BCUT2D eigenvalue weighted by Gasteiger charge is -2.25. The number of anilines is 1. The third kappa shape index (κ3) is 4.77. The van der Waals surface area contributed by atoms with Crippen LogP contribution in [0.3, 0.4) is 0 Å². The highest BCUT2D eigenvalue weighted by Gasteiger charge is 2.39. The molecule has 1 unspecified atom stereocenters. The molecule has 0 aliphatic heterocycles. The molecule has 0 radical (unpaired) electrons. The van der Waals surface area contributed by atoms with E-state index in [0.29, 0.717) is 23.4 Å². The van der Waals surface area contributed by atoms with Crippen LogP contribution in [0.25, 0.3) is 11.2 Å². The van der Waals surface area contributed by atoms with Gasteiger partial charge in [0, 0.05) is 13.1 Å². The number of hydrogen-bond donors (Lipinski definition) is 0. The average molecular weight is 426 g/mol. The van der Waals surface area contributed by atoms with Crippen LogP contribution in [0, 0.1) is 5.92 Å². The molecule has 1 atom stereocenters. The number of carbonyl (C=O) groups is 2. The molecular formula is C19H28ClN5O4. The molecule has 29 heavy (non-hydrogen) atoms. The molecule has 0 saturated heterocycles. The summed E-state index contributed by atoms with van der Waals surface area (Å²) >= 11 is 6.19. The molecule has 10 heteroatoms. The first-order valence-corrected chi connectivity index (χ1v) is 10.3. The van der Waals surface area contributed by atoms with Gasteiger partial charge in [-0.05, 0) is 45.7 Å².